The van der Waals surface area contributed by atoms with Crippen molar-refractivity contribution in [2.75, 3.05) is 19.6 Å². The first-order valence-electron chi connectivity index (χ1n) is 6.35. The first kappa shape index (κ1) is 13.6. The molecule has 1 fully saturated rings. The van der Waals surface area contributed by atoms with E-state index in [1.165, 1.54) is 6.26 Å². The number of aliphatic hydroxyl groups excluding tert-OH is 1. The molecule has 104 valence electrons. The second kappa shape index (κ2) is 5.88. The minimum Gasteiger partial charge on any atom is -0.459 e. The van der Waals surface area contributed by atoms with Gasteiger partial charge in [0, 0.05) is 13.1 Å². The number of carbonyl (C=O) groups excluding carboxylic acids is 2. The number of rotatable bonds is 3. The van der Waals surface area contributed by atoms with E-state index in [-0.39, 0.29) is 30.2 Å². The number of aliphatic hydroxyl groups is 1. The van der Waals surface area contributed by atoms with E-state index < -0.39 is 5.91 Å². The standard InChI is InChI=1S/C13H18N2O4/c1-9-8-15(5-4-10(9)16)12(17)7-14-13(18)11-3-2-6-19-11/h2-3,6,9-10,16H,4-5,7-8H2,1H3,(H,14,18). The van der Waals surface area contributed by atoms with Gasteiger partial charge in [-0.25, -0.2) is 0 Å². The van der Waals surface area contributed by atoms with Gasteiger partial charge in [0.2, 0.25) is 5.91 Å². The zero-order chi connectivity index (χ0) is 13.8. The molecule has 2 rings (SSSR count). The molecule has 1 aromatic heterocycles. The molecule has 1 aliphatic rings. The van der Waals surface area contributed by atoms with Crippen molar-refractivity contribution in [2.45, 2.75) is 19.4 Å². The zero-order valence-corrected chi connectivity index (χ0v) is 10.8. The van der Waals surface area contributed by atoms with Gasteiger partial charge >= 0.3 is 0 Å². The number of amides is 2. The van der Waals surface area contributed by atoms with Gasteiger partial charge < -0.3 is 19.7 Å². The molecular weight excluding hydrogens is 248 g/mol. The molecule has 0 aliphatic carbocycles. The van der Waals surface area contributed by atoms with Crippen LogP contribution in [0, 0.1) is 5.92 Å². The summed E-state index contributed by atoms with van der Waals surface area (Å²) < 4.78 is 4.93. The lowest BCUT2D eigenvalue weighted by molar-refractivity contribution is -0.133. The van der Waals surface area contributed by atoms with Gasteiger partial charge in [0.1, 0.15) is 0 Å². The number of hydrogen-bond acceptors (Lipinski definition) is 4. The fourth-order valence-electron chi connectivity index (χ4n) is 2.12. The van der Waals surface area contributed by atoms with Gasteiger partial charge in [0.15, 0.2) is 5.76 Å². The van der Waals surface area contributed by atoms with E-state index in [2.05, 4.69) is 5.32 Å². The van der Waals surface area contributed by atoms with Gasteiger partial charge in [-0.3, -0.25) is 9.59 Å². The van der Waals surface area contributed by atoms with Crippen LogP contribution in [-0.2, 0) is 4.79 Å². The summed E-state index contributed by atoms with van der Waals surface area (Å²) in [5.41, 5.74) is 0. The van der Waals surface area contributed by atoms with E-state index in [0.29, 0.717) is 19.5 Å². The molecular formula is C13H18N2O4. The van der Waals surface area contributed by atoms with E-state index in [0.717, 1.165) is 0 Å². The first-order valence-corrected chi connectivity index (χ1v) is 6.35. The summed E-state index contributed by atoms with van der Waals surface area (Å²) in [6.07, 6.45) is 1.64. The van der Waals surface area contributed by atoms with E-state index in [1.807, 2.05) is 6.92 Å². The Morgan fingerprint density at radius 3 is 3.00 bits per heavy atom. The van der Waals surface area contributed by atoms with E-state index in [9.17, 15) is 14.7 Å². The number of hydrogen-bond donors (Lipinski definition) is 2. The molecule has 2 heterocycles. The highest BCUT2D eigenvalue weighted by molar-refractivity contribution is 5.94. The van der Waals surface area contributed by atoms with Crippen LogP contribution in [0.4, 0.5) is 0 Å². The Bertz CT molecular complexity index is 444. The lowest BCUT2D eigenvalue weighted by Crippen LogP contribution is -2.48. The quantitative estimate of drug-likeness (QED) is 0.821. The minimum atomic E-state index is -0.400. The third-order valence-corrected chi connectivity index (χ3v) is 3.36. The fourth-order valence-corrected chi connectivity index (χ4v) is 2.12. The van der Waals surface area contributed by atoms with Crippen LogP contribution in [0.1, 0.15) is 23.9 Å². The molecule has 2 amide bonds. The molecule has 0 saturated carbocycles. The molecule has 0 aromatic carbocycles. The maximum atomic E-state index is 11.9. The van der Waals surface area contributed by atoms with E-state index in [1.54, 1.807) is 17.0 Å². The van der Waals surface area contributed by atoms with Crippen molar-refractivity contribution in [3.05, 3.63) is 24.2 Å². The van der Waals surface area contributed by atoms with E-state index >= 15 is 0 Å². The Balaban J connectivity index is 1.80. The second-order valence-electron chi connectivity index (χ2n) is 4.83. The Kier molecular flexibility index (Phi) is 4.21. The van der Waals surface area contributed by atoms with Crippen LogP contribution in [0.3, 0.4) is 0 Å². The number of piperidine rings is 1. The maximum absolute atomic E-state index is 11.9. The summed E-state index contributed by atoms with van der Waals surface area (Å²) in [5.74, 6) is -0.282. The van der Waals surface area contributed by atoms with Gasteiger partial charge in [-0.15, -0.1) is 0 Å². The Hall–Kier alpha value is -1.82. The zero-order valence-electron chi connectivity index (χ0n) is 10.8. The van der Waals surface area contributed by atoms with E-state index in [4.69, 9.17) is 4.42 Å². The molecule has 2 atom stereocenters. The van der Waals surface area contributed by atoms with Crippen molar-refractivity contribution in [3.63, 3.8) is 0 Å². The summed E-state index contributed by atoms with van der Waals surface area (Å²) >= 11 is 0. The molecule has 6 heteroatoms. The number of likely N-dealkylation sites (tertiary alicyclic amines) is 1. The number of carbonyl (C=O) groups is 2. The smallest absolute Gasteiger partial charge is 0.287 e. The maximum Gasteiger partial charge on any atom is 0.287 e. The molecule has 6 nitrogen and oxygen atoms in total. The van der Waals surface area contributed by atoms with Crippen LogP contribution < -0.4 is 5.32 Å². The van der Waals surface area contributed by atoms with Crippen LogP contribution in [0.2, 0.25) is 0 Å². The summed E-state index contributed by atoms with van der Waals surface area (Å²) in [6, 6.07) is 3.16. The topological polar surface area (TPSA) is 82.8 Å². The van der Waals surface area contributed by atoms with Gasteiger partial charge in [-0.2, -0.15) is 0 Å². The van der Waals surface area contributed by atoms with Crippen LogP contribution >= 0.6 is 0 Å². The highest BCUT2D eigenvalue weighted by Crippen LogP contribution is 2.16. The summed E-state index contributed by atoms with van der Waals surface area (Å²) in [5, 5.41) is 12.1. The Labute approximate surface area is 111 Å². The monoisotopic (exact) mass is 266 g/mol. The first-order chi connectivity index (χ1) is 9.08. The Morgan fingerprint density at radius 1 is 1.58 bits per heavy atom. The molecule has 1 aliphatic heterocycles. The molecule has 0 bridgehead atoms. The minimum absolute atomic E-state index is 0.0532. The highest BCUT2D eigenvalue weighted by atomic mass is 16.3. The molecule has 0 radical (unpaired) electrons. The van der Waals surface area contributed by atoms with Crippen LogP contribution in [-0.4, -0.2) is 47.6 Å². The average Bonchev–Trinajstić information content (AvgIpc) is 2.92. The number of nitrogens with one attached hydrogen (secondary N) is 1. The molecule has 1 saturated heterocycles. The van der Waals surface area contributed by atoms with Crippen LogP contribution in [0.25, 0.3) is 0 Å². The van der Waals surface area contributed by atoms with Crippen LogP contribution in [0.5, 0.6) is 0 Å². The second-order valence-corrected chi connectivity index (χ2v) is 4.83. The number of furan rings is 1. The molecule has 2 unspecified atom stereocenters. The molecule has 1 aromatic rings. The van der Waals surface area contributed by atoms with Crippen molar-refractivity contribution in [1.82, 2.24) is 10.2 Å². The lowest BCUT2D eigenvalue weighted by atomic mass is 9.97. The van der Waals surface area contributed by atoms with Crippen molar-refractivity contribution in [3.8, 4) is 0 Å². The third kappa shape index (κ3) is 3.35. The third-order valence-electron chi connectivity index (χ3n) is 3.36. The molecule has 2 N–H and O–H groups in total. The fraction of sp³-hybridized carbons (Fsp3) is 0.538. The SMILES string of the molecule is CC1CN(C(=O)CNC(=O)c2ccco2)CCC1O. The largest absolute Gasteiger partial charge is 0.459 e. The average molecular weight is 266 g/mol. The van der Waals surface area contributed by atoms with Crippen molar-refractivity contribution in [1.29, 1.82) is 0 Å². The van der Waals surface area contributed by atoms with Crippen molar-refractivity contribution < 1.29 is 19.1 Å². The van der Waals surface area contributed by atoms with Gasteiger partial charge in [0.25, 0.3) is 5.91 Å². The van der Waals surface area contributed by atoms with Crippen molar-refractivity contribution >= 4 is 11.8 Å². The van der Waals surface area contributed by atoms with Gasteiger partial charge in [0.05, 0.1) is 18.9 Å². The van der Waals surface area contributed by atoms with Crippen LogP contribution in [0.15, 0.2) is 22.8 Å². The summed E-state index contributed by atoms with van der Waals surface area (Å²) in [6.45, 7) is 2.91. The summed E-state index contributed by atoms with van der Waals surface area (Å²) in [4.78, 5) is 25.2. The normalized spacial score (nSPS) is 23.2. The lowest BCUT2D eigenvalue weighted by Gasteiger charge is -2.34. The highest BCUT2D eigenvalue weighted by Gasteiger charge is 2.27. The van der Waals surface area contributed by atoms with Gasteiger partial charge in [-0.1, -0.05) is 6.92 Å². The summed E-state index contributed by atoms with van der Waals surface area (Å²) in [7, 11) is 0. The molecule has 0 spiro atoms. The predicted octanol–water partition coefficient (Wildman–Crippen LogP) is 0.239. The van der Waals surface area contributed by atoms with Gasteiger partial charge in [-0.05, 0) is 24.5 Å². The Morgan fingerprint density at radius 2 is 2.37 bits per heavy atom. The van der Waals surface area contributed by atoms with Crippen molar-refractivity contribution in [2.24, 2.45) is 5.92 Å². The predicted molar refractivity (Wildman–Crippen MR) is 67.4 cm³/mol. The molecule has 19 heavy (non-hydrogen) atoms. The number of nitrogens with zero attached hydrogens (tertiary/aromatic N) is 1.